The summed E-state index contributed by atoms with van der Waals surface area (Å²) in [7, 11) is 0. The van der Waals surface area contributed by atoms with Gasteiger partial charge < -0.3 is 11.5 Å². The van der Waals surface area contributed by atoms with Gasteiger partial charge in [-0.1, -0.05) is 85.0 Å². The van der Waals surface area contributed by atoms with Crippen molar-refractivity contribution < 1.29 is 0 Å². The van der Waals surface area contributed by atoms with Crippen molar-refractivity contribution in [2.45, 2.75) is 66.2 Å². The zero-order chi connectivity index (χ0) is 21.9. The minimum absolute atomic E-state index is 0.193. The summed E-state index contributed by atoms with van der Waals surface area (Å²) < 4.78 is 0. The molecule has 0 bridgehead atoms. The molecule has 0 aliphatic carbocycles. The zero-order valence-corrected chi connectivity index (χ0v) is 19.0. The van der Waals surface area contributed by atoms with Crippen molar-refractivity contribution in [3.8, 4) is 0 Å². The van der Waals surface area contributed by atoms with Gasteiger partial charge >= 0.3 is 0 Å². The number of nitrogens with two attached hydrogens (primary N) is 2. The first kappa shape index (κ1) is 23.6. The van der Waals surface area contributed by atoms with Gasteiger partial charge in [-0.05, 0) is 64.1 Å². The minimum atomic E-state index is 0.193. The van der Waals surface area contributed by atoms with Crippen LogP contribution in [0.5, 0.6) is 0 Å². The van der Waals surface area contributed by atoms with Crippen molar-refractivity contribution in [3.05, 3.63) is 82.9 Å². The molecule has 0 heterocycles. The SMILES string of the molecule is C=C(N)c1ccc(C(C)(C)C)c(C)c1.C=C(N)c1ccc(C(C)(C)C)cc1C. The molecule has 0 aromatic heterocycles. The lowest BCUT2D eigenvalue weighted by atomic mass is 9.83. The van der Waals surface area contributed by atoms with Gasteiger partial charge in [0.1, 0.15) is 0 Å². The molecule has 2 heteroatoms. The molecule has 0 radical (unpaired) electrons. The van der Waals surface area contributed by atoms with Crippen molar-refractivity contribution in [2.24, 2.45) is 11.5 Å². The lowest BCUT2D eigenvalue weighted by molar-refractivity contribution is 0.586. The average molecular weight is 379 g/mol. The van der Waals surface area contributed by atoms with Gasteiger partial charge in [0.25, 0.3) is 0 Å². The van der Waals surface area contributed by atoms with Crippen LogP contribution in [0.1, 0.15) is 74.9 Å². The van der Waals surface area contributed by atoms with Crippen LogP contribution < -0.4 is 11.5 Å². The topological polar surface area (TPSA) is 52.0 Å². The van der Waals surface area contributed by atoms with Gasteiger partial charge in [-0.25, -0.2) is 0 Å². The summed E-state index contributed by atoms with van der Waals surface area (Å²) in [5.74, 6) is 0. The Labute approximate surface area is 172 Å². The molecule has 0 saturated heterocycles. The first-order chi connectivity index (χ1) is 12.6. The van der Waals surface area contributed by atoms with Crippen LogP contribution in [0.4, 0.5) is 0 Å². The second-order valence-corrected chi connectivity index (χ2v) is 9.61. The molecule has 2 rings (SSSR count). The lowest BCUT2D eigenvalue weighted by Gasteiger charge is -2.22. The van der Waals surface area contributed by atoms with Gasteiger partial charge in [-0.15, -0.1) is 0 Å². The van der Waals surface area contributed by atoms with E-state index in [4.69, 9.17) is 11.5 Å². The highest BCUT2D eigenvalue weighted by molar-refractivity contribution is 5.64. The maximum atomic E-state index is 5.68. The Kier molecular flexibility index (Phi) is 7.31. The van der Waals surface area contributed by atoms with Crippen LogP contribution in [0.2, 0.25) is 0 Å². The summed E-state index contributed by atoms with van der Waals surface area (Å²) in [6.07, 6.45) is 0. The van der Waals surface area contributed by atoms with Crippen molar-refractivity contribution in [2.75, 3.05) is 0 Å². The number of benzene rings is 2. The van der Waals surface area contributed by atoms with Crippen molar-refractivity contribution in [1.82, 2.24) is 0 Å². The van der Waals surface area contributed by atoms with E-state index in [9.17, 15) is 0 Å². The monoisotopic (exact) mass is 378 g/mol. The van der Waals surface area contributed by atoms with Crippen molar-refractivity contribution in [3.63, 3.8) is 0 Å². The molecule has 0 spiro atoms. The van der Waals surface area contributed by atoms with Crippen LogP contribution in [0.3, 0.4) is 0 Å². The first-order valence-corrected chi connectivity index (χ1v) is 9.76. The first-order valence-electron chi connectivity index (χ1n) is 9.76. The molecule has 0 atom stereocenters. The zero-order valence-electron chi connectivity index (χ0n) is 19.0. The number of aryl methyl sites for hydroxylation is 2. The Bertz CT molecular complexity index is 859. The standard InChI is InChI=1S/2C13H19N/c1-9-8-11(13(3,4)5)6-7-12(9)10(2)14;1-9-8-11(10(2)14)6-7-12(9)13(3,4)5/h2*6-8H,2,14H2,1,3-5H3. The highest BCUT2D eigenvalue weighted by atomic mass is 14.6. The van der Waals surface area contributed by atoms with Gasteiger partial charge in [0.05, 0.1) is 0 Å². The number of hydrogen-bond acceptors (Lipinski definition) is 2. The Morgan fingerprint density at radius 1 is 0.714 bits per heavy atom. The summed E-state index contributed by atoms with van der Waals surface area (Å²) in [5.41, 5.74) is 20.2. The van der Waals surface area contributed by atoms with Crippen molar-refractivity contribution >= 4 is 11.4 Å². The van der Waals surface area contributed by atoms with Crippen LogP contribution in [-0.4, -0.2) is 0 Å². The lowest BCUT2D eigenvalue weighted by Crippen LogP contribution is -2.13. The molecule has 2 aromatic carbocycles. The van der Waals surface area contributed by atoms with E-state index >= 15 is 0 Å². The Balaban J connectivity index is 0.000000280. The van der Waals surface area contributed by atoms with Gasteiger partial charge in [0, 0.05) is 11.4 Å². The number of hydrogen-bond donors (Lipinski definition) is 2. The van der Waals surface area contributed by atoms with Gasteiger partial charge in [-0.2, -0.15) is 0 Å². The Morgan fingerprint density at radius 2 is 1.29 bits per heavy atom. The third-order valence-electron chi connectivity index (χ3n) is 4.84. The predicted molar refractivity (Wildman–Crippen MR) is 126 cm³/mol. The molecule has 0 fully saturated rings. The van der Waals surface area contributed by atoms with E-state index in [0.29, 0.717) is 11.4 Å². The van der Waals surface area contributed by atoms with Crippen LogP contribution in [0, 0.1) is 13.8 Å². The van der Waals surface area contributed by atoms with E-state index < -0.39 is 0 Å². The molecule has 4 N–H and O–H groups in total. The van der Waals surface area contributed by atoms with E-state index in [1.54, 1.807) is 0 Å². The van der Waals surface area contributed by atoms with Crippen LogP contribution in [-0.2, 0) is 10.8 Å². The van der Waals surface area contributed by atoms with E-state index in [1.807, 2.05) is 6.07 Å². The fourth-order valence-corrected chi connectivity index (χ4v) is 3.20. The molecular weight excluding hydrogens is 340 g/mol. The Hall–Kier alpha value is -2.48. The fraction of sp³-hybridized carbons (Fsp3) is 0.385. The van der Waals surface area contributed by atoms with Gasteiger partial charge in [0.2, 0.25) is 0 Å². The third-order valence-corrected chi connectivity index (χ3v) is 4.84. The minimum Gasteiger partial charge on any atom is -0.399 e. The van der Waals surface area contributed by atoms with E-state index in [0.717, 1.165) is 11.1 Å². The van der Waals surface area contributed by atoms with Gasteiger partial charge in [-0.3, -0.25) is 0 Å². The molecule has 0 unspecified atom stereocenters. The molecule has 152 valence electrons. The molecular formula is C26H38N2. The van der Waals surface area contributed by atoms with Crippen molar-refractivity contribution in [1.29, 1.82) is 0 Å². The normalized spacial score (nSPS) is 11.4. The van der Waals surface area contributed by atoms with Crippen LogP contribution >= 0.6 is 0 Å². The fourth-order valence-electron chi connectivity index (χ4n) is 3.20. The Morgan fingerprint density at radius 3 is 1.64 bits per heavy atom. The highest BCUT2D eigenvalue weighted by Crippen LogP contribution is 2.27. The predicted octanol–water partition coefficient (Wildman–Crippen LogP) is 6.44. The summed E-state index contributed by atoms with van der Waals surface area (Å²) in [6, 6.07) is 12.6. The van der Waals surface area contributed by atoms with E-state index in [-0.39, 0.29) is 10.8 Å². The molecule has 0 amide bonds. The maximum Gasteiger partial charge on any atom is 0.0317 e. The highest BCUT2D eigenvalue weighted by Gasteiger charge is 2.16. The van der Waals surface area contributed by atoms with E-state index in [2.05, 4.69) is 98.9 Å². The summed E-state index contributed by atoms with van der Waals surface area (Å²) in [6.45, 7) is 24.9. The summed E-state index contributed by atoms with van der Waals surface area (Å²) in [5, 5.41) is 0. The molecule has 0 aliphatic rings. The molecule has 2 nitrogen and oxygen atoms in total. The van der Waals surface area contributed by atoms with E-state index in [1.165, 1.54) is 22.3 Å². The van der Waals surface area contributed by atoms with Crippen LogP contribution in [0.25, 0.3) is 11.4 Å². The van der Waals surface area contributed by atoms with Gasteiger partial charge in [0.15, 0.2) is 0 Å². The maximum absolute atomic E-state index is 5.68. The number of rotatable bonds is 2. The average Bonchev–Trinajstić information content (AvgIpc) is 2.52. The smallest absolute Gasteiger partial charge is 0.0317 e. The summed E-state index contributed by atoms with van der Waals surface area (Å²) in [4.78, 5) is 0. The third kappa shape index (κ3) is 6.30. The largest absolute Gasteiger partial charge is 0.399 e. The molecule has 0 aliphatic heterocycles. The van der Waals surface area contributed by atoms with Crippen LogP contribution in [0.15, 0.2) is 49.6 Å². The molecule has 2 aromatic rings. The molecule has 28 heavy (non-hydrogen) atoms. The molecule has 0 saturated carbocycles. The second-order valence-electron chi connectivity index (χ2n) is 9.61. The quantitative estimate of drug-likeness (QED) is 0.631. The second kappa shape index (κ2) is 8.68. The summed E-state index contributed by atoms with van der Waals surface area (Å²) >= 11 is 0.